The number of rotatable bonds is 3. The van der Waals surface area contributed by atoms with Crippen molar-refractivity contribution in [2.24, 2.45) is 0 Å². The minimum atomic E-state index is 0.167. The number of aromatic nitrogens is 1. The van der Waals surface area contributed by atoms with E-state index in [4.69, 9.17) is 4.98 Å². The van der Waals surface area contributed by atoms with Crippen molar-refractivity contribution in [2.75, 3.05) is 7.05 Å². The maximum Gasteiger partial charge on any atom is 0.0757 e. The SMILES string of the molecule is CNC(c1ccsc1)c1ccc2ccccc2n1. The Labute approximate surface area is 110 Å². The molecule has 0 aliphatic heterocycles. The Bertz CT molecular complexity index is 646. The Hall–Kier alpha value is -1.71. The number of hydrogen-bond donors (Lipinski definition) is 1. The molecule has 0 radical (unpaired) electrons. The number of fused-ring (bicyclic) bond motifs is 1. The molecule has 1 unspecified atom stereocenters. The summed E-state index contributed by atoms with van der Waals surface area (Å²) in [4.78, 5) is 4.74. The van der Waals surface area contributed by atoms with Gasteiger partial charge in [-0.05, 0) is 41.6 Å². The van der Waals surface area contributed by atoms with Crippen molar-refractivity contribution in [3.63, 3.8) is 0 Å². The van der Waals surface area contributed by atoms with Gasteiger partial charge in [0.2, 0.25) is 0 Å². The normalized spacial score (nSPS) is 12.7. The zero-order valence-corrected chi connectivity index (χ0v) is 10.9. The van der Waals surface area contributed by atoms with Crippen LogP contribution in [0.2, 0.25) is 0 Å². The fourth-order valence-corrected chi connectivity index (χ4v) is 2.85. The topological polar surface area (TPSA) is 24.9 Å². The summed E-state index contributed by atoms with van der Waals surface area (Å²) in [5.41, 5.74) is 3.38. The highest BCUT2D eigenvalue weighted by Crippen LogP contribution is 2.24. The van der Waals surface area contributed by atoms with Gasteiger partial charge in [0.15, 0.2) is 0 Å². The number of nitrogens with zero attached hydrogens (tertiary/aromatic N) is 1. The molecule has 2 nitrogen and oxygen atoms in total. The molecular weight excluding hydrogens is 240 g/mol. The summed E-state index contributed by atoms with van der Waals surface area (Å²) in [6.07, 6.45) is 0. The number of pyridine rings is 1. The van der Waals surface area contributed by atoms with Crippen LogP contribution in [-0.4, -0.2) is 12.0 Å². The molecule has 1 aromatic carbocycles. The summed E-state index contributed by atoms with van der Waals surface area (Å²) in [5, 5.41) is 8.77. The molecule has 0 amide bonds. The van der Waals surface area contributed by atoms with Crippen LogP contribution in [-0.2, 0) is 0 Å². The maximum atomic E-state index is 4.74. The number of para-hydroxylation sites is 1. The molecule has 0 aliphatic carbocycles. The molecule has 0 bridgehead atoms. The van der Waals surface area contributed by atoms with Crippen LogP contribution in [0.25, 0.3) is 10.9 Å². The largest absolute Gasteiger partial charge is 0.308 e. The molecule has 0 spiro atoms. The van der Waals surface area contributed by atoms with Gasteiger partial charge in [0.05, 0.1) is 17.3 Å². The third-order valence-corrected chi connectivity index (χ3v) is 3.78. The van der Waals surface area contributed by atoms with Gasteiger partial charge in [0, 0.05) is 5.39 Å². The van der Waals surface area contributed by atoms with E-state index >= 15 is 0 Å². The Morgan fingerprint density at radius 3 is 2.78 bits per heavy atom. The van der Waals surface area contributed by atoms with Crippen molar-refractivity contribution < 1.29 is 0 Å². The molecule has 0 fully saturated rings. The predicted molar refractivity (Wildman–Crippen MR) is 77.0 cm³/mol. The van der Waals surface area contributed by atoms with Crippen molar-refractivity contribution in [1.82, 2.24) is 10.3 Å². The molecule has 0 aliphatic rings. The number of thiophene rings is 1. The first-order valence-corrected chi connectivity index (χ1v) is 6.88. The highest BCUT2D eigenvalue weighted by Gasteiger charge is 2.13. The van der Waals surface area contributed by atoms with E-state index in [1.54, 1.807) is 11.3 Å². The first-order valence-electron chi connectivity index (χ1n) is 5.93. The molecule has 0 saturated heterocycles. The minimum absolute atomic E-state index is 0.167. The smallest absolute Gasteiger partial charge is 0.0757 e. The number of nitrogens with one attached hydrogen (secondary N) is 1. The highest BCUT2D eigenvalue weighted by atomic mass is 32.1. The number of benzene rings is 1. The van der Waals surface area contributed by atoms with E-state index in [0.717, 1.165) is 11.2 Å². The van der Waals surface area contributed by atoms with Crippen molar-refractivity contribution in [3.8, 4) is 0 Å². The van der Waals surface area contributed by atoms with Crippen LogP contribution in [0.5, 0.6) is 0 Å². The monoisotopic (exact) mass is 254 g/mol. The van der Waals surface area contributed by atoms with E-state index in [1.807, 2.05) is 19.2 Å². The summed E-state index contributed by atoms with van der Waals surface area (Å²) in [7, 11) is 1.97. The lowest BCUT2D eigenvalue weighted by atomic mass is 10.1. The fourth-order valence-electron chi connectivity index (χ4n) is 2.17. The van der Waals surface area contributed by atoms with Crippen LogP contribution in [0.3, 0.4) is 0 Å². The molecule has 3 heteroatoms. The average molecular weight is 254 g/mol. The minimum Gasteiger partial charge on any atom is -0.308 e. The van der Waals surface area contributed by atoms with Gasteiger partial charge >= 0.3 is 0 Å². The second-order valence-corrected chi connectivity index (χ2v) is 4.99. The molecule has 3 rings (SSSR count). The second-order valence-electron chi connectivity index (χ2n) is 4.21. The Morgan fingerprint density at radius 2 is 2.00 bits per heavy atom. The molecule has 2 heterocycles. The van der Waals surface area contributed by atoms with E-state index in [9.17, 15) is 0 Å². The molecule has 3 aromatic rings. The van der Waals surface area contributed by atoms with Gasteiger partial charge in [-0.3, -0.25) is 4.98 Å². The van der Waals surface area contributed by atoms with E-state index < -0.39 is 0 Å². The van der Waals surface area contributed by atoms with Gasteiger partial charge < -0.3 is 5.32 Å². The van der Waals surface area contributed by atoms with Gasteiger partial charge in [-0.15, -0.1) is 0 Å². The average Bonchev–Trinajstić information content (AvgIpc) is 2.93. The molecule has 0 saturated carbocycles. The van der Waals surface area contributed by atoms with Crippen LogP contribution in [0.4, 0.5) is 0 Å². The predicted octanol–water partition coefficient (Wildman–Crippen LogP) is 3.61. The second kappa shape index (κ2) is 4.88. The van der Waals surface area contributed by atoms with E-state index in [0.29, 0.717) is 0 Å². The van der Waals surface area contributed by atoms with Crippen molar-refractivity contribution in [3.05, 3.63) is 64.5 Å². The Morgan fingerprint density at radius 1 is 1.11 bits per heavy atom. The van der Waals surface area contributed by atoms with E-state index in [-0.39, 0.29) is 6.04 Å². The zero-order valence-electron chi connectivity index (χ0n) is 10.1. The summed E-state index contributed by atoms with van der Waals surface area (Å²) in [6.45, 7) is 0. The Balaban J connectivity index is 2.07. The highest BCUT2D eigenvalue weighted by molar-refractivity contribution is 7.08. The molecule has 2 aromatic heterocycles. The Kier molecular flexibility index (Phi) is 3.09. The maximum absolute atomic E-state index is 4.74. The summed E-state index contributed by atoms with van der Waals surface area (Å²) < 4.78 is 0. The van der Waals surface area contributed by atoms with Crippen molar-refractivity contribution in [2.45, 2.75) is 6.04 Å². The molecule has 1 N–H and O–H groups in total. The van der Waals surface area contributed by atoms with Crippen molar-refractivity contribution >= 4 is 22.2 Å². The summed E-state index contributed by atoms with van der Waals surface area (Å²) >= 11 is 1.71. The lowest BCUT2D eigenvalue weighted by Gasteiger charge is -2.14. The third kappa shape index (κ3) is 2.03. The molecule has 90 valence electrons. The number of hydrogen-bond acceptors (Lipinski definition) is 3. The van der Waals surface area contributed by atoms with Crippen LogP contribution < -0.4 is 5.32 Å². The quantitative estimate of drug-likeness (QED) is 0.772. The summed E-state index contributed by atoms with van der Waals surface area (Å²) in [6, 6.07) is 14.7. The first kappa shape index (κ1) is 11.4. The van der Waals surface area contributed by atoms with Crippen LogP contribution in [0.15, 0.2) is 53.2 Å². The lowest BCUT2D eigenvalue weighted by molar-refractivity contribution is 0.676. The van der Waals surface area contributed by atoms with Crippen LogP contribution in [0, 0.1) is 0 Å². The first-order chi connectivity index (χ1) is 8.88. The van der Waals surface area contributed by atoms with Gasteiger partial charge in [0.25, 0.3) is 0 Å². The zero-order chi connectivity index (χ0) is 12.4. The van der Waals surface area contributed by atoms with E-state index in [1.165, 1.54) is 10.9 Å². The van der Waals surface area contributed by atoms with Gasteiger partial charge in [-0.1, -0.05) is 24.3 Å². The molecule has 18 heavy (non-hydrogen) atoms. The molecular formula is C15H14N2S. The summed E-state index contributed by atoms with van der Waals surface area (Å²) in [5.74, 6) is 0. The van der Waals surface area contributed by atoms with E-state index in [2.05, 4.69) is 46.4 Å². The van der Waals surface area contributed by atoms with Crippen LogP contribution in [0.1, 0.15) is 17.3 Å². The van der Waals surface area contributed by atoms with Gasteiger partial charge in [-0.2, -0.15) is 11.3 Å². The van der Waals surface area contributed by atoms with Gasteiger partial charge in [-0.25, -0.2) is 0 Å². The van der Waals surface area contributed by atoms with Crippen molar-refractivity contribution in [1.29, 1.82) is 0 Å². The standard InChI is InChI=1S/C15H14N2S/c1-16-15(12-8-9-18-10-12)14-7-6-11-4-2-3-5-13(11)17-14/h2-10,15-16H,1H3. The van der Waals surface area contributed by atoms with Crippen LogP contribution >= 0.6 is 11.3 Å². The molecule has 1 atom stereocenters. The van der Waals surface area contributed by atoms with Gasteiger partial charge in [0.1, 0.15) is 0 Å². The lowest BCUT2D eigenvalue weighted by Crippen LogP contribution is -2.18. The third-order valence-electron chi connectivity index (χ3n) is 3.08. The fraction of sp³-hybridized carbons (Fsp3) is 0.133.